The number of aryl methyl sites for hydroxylation is 1. The SMILES string of the molecule is Cc1c(C(=O)N2CCC(NCC3CC3)CC2)c(=O)[nH]c2ccccc12.Cl. The van der Waals surface area contributed by atoms with E-state index < -0.39 is 0 Å². The molecule has 1 amide bonds. The number of halogens is 1. The van der Waals surface area contributed by atoms with Crippen molar-refractivity contribution in [3.63, 3.8) is 0 Å². The van der Waals surface area contributed by atoms with Crippen LogP contribution in [0.1, 0.15) is 41.6 Å². The van der Waals surface area contributed by atoms with Crippen LogP contribution in [-0.4, -0.2) is 41.5 Å². The van der Waals surface area contributed by atoms with Gasteiger partial charge >= 0.3 is 0 Å². The second-order valence-corrected chi connectivity index (χ2v) is 7.42. The van der Waals surface area contributed by atoms with Crippen molar-refractivity contribution in [2.75, 3.05) is 19.6 Å². The minimum atomic E-state index is -0.282. The predicted molar refractivity (Wildman–Crippen MR) is 106 cm³/mol. The number of hydrogen-bond acceptors (Lipinski definition) is 3. The first-order valence-electron chi connectivity index (χ1n) is 9.28. The highest BCUT2D eigenvalue weighted by Crippen LogP contribution is 2.28. The normalized spacial score (nSPS) is 18.0. The quantitative estimate of drug-likeness (QED) is 0.863. The van der Waals surface area contributed by atoms with Crippen LogP contribution < -0.4 is 10.9 Å². The number of benzene rings is 1. The molecule has 2 fully saturated rings. The third kappa shape index (κ3) is 3.79. The Morgan fingerprint density at radius 1 is 1.19 bits per heavy atom. The predicted octanol–water partition coefficient (Wildman–Crippen LogP) is 2.86. The van der Waals surface area contributed by atoms with Crippen LogP contribution >= 0.6 is 12.4 Å². The molecular weight excluding hydrogens is 350 g/mol. The number of hydrogen-bond donors (Lipinski definition) is 2. The average molecular weight is 376 g/mol. The largest absolute Gasteiger partial charge is 0.338 e. The van der Waals surface area contributed by atoms with Crippen LogP contribution in [0.4, 0.5) is 0 Å². The number of aromatic nitrogens is 1. The molecule has 0 bridgehead atoms. The molecule has 1 aromatic heterocycles. The summed E-state index contributed by atoms with van der Waals surface area (Å²) in [4.78, 5) is 30.1. The summed E-state index contributed by atoms with van der Waals surface area (Å²) >= 11 is 0. The van der Waals surface area contributed by atoms with E-state index in [2.05, 4.69) is 10.3 Å². The Hall–Kier alpha value is -1.85. The van der Waals surface area contributed by atoms with E-state index in [1.807, 2.05) is 36.1 Å². The van der Waals surface area contributed by atoms with Gasteiger partial charge in [0.2, 0.25) is 0 Å². The maximum atomic E-state index is 13.0. The second-order valence-electron chi connectivity index (χ2n) is 7.42. The summed E-state index contributed by atoms with van der Waals surface area (Å²) < 4.78 is 0. The molecule has 0 radical (unpaired) electrons. The van der Waals surface area contributed by atoms with Crippen molar-refractivity contribution in [2.45, 2.75) is 38.6 Å². The number of nitrogens with one attached hydrogen (secondary N) is 2. The number of likely N-dealkylation sites (tertiary alicyclic amines) is 1. The number of fused-ring (bicyclic) bond motifs is 1. The summed E-state index contributed by atoms with van der Waals surface area (Å²) in [5, 5.41) is 4.56. The number of para-hydroxylation sites is 1. The van der Waals surface area contributed by atoms with Crippen molar-refractivity contribution in [3.8, 4) is 0 Å². The number of carbonyl (C=O) groups excluding carboxylic acids is 1. The van der Waals surface area contributed by atoms with Crippen molar-refractivity contribution >= 4 is 29.2 Å². The lowest BCUT2D eigenvalue weighted by Crippen LogP contribution is -2.46. The van der Waals surface area contributed by atoms with Gasteiger partial charge in [-0.15, -0.1) is 12.4 Å². The molecule has 2 aromatic rings. The van der Waals surface area contributed by atoms with Gasteiger partial charge in [0.05, 0.1) is 0 Å². The van der Waals surface area contributed by atoms with E-state index in [1.54, 1.807) is 0 Å². The van der Waals surface area contributed by atoms with Gasteiger partial charge in [-0.1, -0.05) is 18.2 Å². The number of H-pyrrole nitrogens is 1. The number of nitrogens with zero attached hydrogens (tertiary/aromatic N) is 1. The average Bonchev–Trinajstić information content (AvgIpc) is 3.45. The Kier molecular flexibility index (Phi) is 5.68. The van der Waals surface area contributed by atoms with E-state index in [9.17, 15) is 9.59 Å². The second kappa shape index (κ2) is 7.80. The zero-order chi connectivity index (χ0) is 17.4. The molecule has 140 valence electrons. The van der Waals surface area contributed by atoms with Gasteiger partial charge in [-0.2, -0.15) is 0 Å². The molecule has 1 saturated carbocycles. The van der Waals surface area contributed by atoms with Crippen molar-refractivity contribution in [2.24, 2.45) is 5.92 Å². The maximum Gasteiger partial charge on any atom is 0.261 e. The molecule has 1 saturated heterocycles. The lowest BCUT2D eigenvalue weighted by atomic mass is 10.0. The van der Waals surface area contributed by atoms with Crippen molar-refractivity contribution in [1.29, 1.82) is 0 Å². The third-order valence-corrected chi connectivity index (χ3v) is 5.57. The van der Waals surface area contributed by atoms with Crippen molar-refractivity contribution < 1.29 is 4.79 Å². The van der Waals surface area contributed by atoms with E-state index in [1.165, 1.54) is 12.8 Å². The van der Waals surface area contributed by atoms with E-state index in [0.717, 1.165) is 41.8 Å². The zero-order valence-corrected chi connectivity index (χ0v) is 15.9. The molecule has 0 unspecified atom stereocenters. The number of pyridine rings is 1. The summed E-state index contributed by atoms with van der Waals surface area (Å²) in [6.45, 7) is 4.41. The Morgan fingerprint density at radius 2 is 1.88 bits per heavy atom. The summed E-state index contributed by atoms with van der Waals surface area (Å²) in [6.07, 6.45) is 4.63. The summed E-state index contributed by atoms with van der Waals surface area (Å²) in [6, 6.07) is 8.14. The molecular formula is C20H26ClN3O2. The first kappa shape index (κ1) is 18.9. The molecule has 1 aliphatic carbocycles. The van der Waals surface area contributed by atoms with E-state index in [-0.39, 0.29) is 23.9 Å². The lowest BCUT2D eigenvalue weighted by molar-refractivity contribution is 0.0702. The number of carbonyl (C=O) groups is 1. The van der Waals surface area contributed by atoms with Crippen LogP contribution in [0.2, 0.25) is 0 Å². The fourth-order valence-corrected chi connectivity index (χ4v) is 3.77. The molecule has 5 nitrogen and oxygen atoms in total. The maximum absolute atomic E-state index is 13.0. The molecule has 1 aromatic carbocycles. The smallest absolute Gasteiger partial charge is 0.261 e. The Bertz CT molecular complexity index is 852. The van der Waals surface area contributed by atoms with Crippen molar-refractivity contribution in [1.82, 2.24) is 15.2 Å². The highest BCUT2D eigenvalue weighted by Gasteiger charge is 2.28. The molecule has 0 spiro atoms. The van der Waals surface area contributed by atoms with Crippen LogP contribution in [-0.2, 0) is 0 Å². The van der Waals surface area contributed by atoms with Gasteiger partial charge in [0.25, 0.3) is 11.5 Å². The fraction of sp³-hybridized carbons (Fsp3) is 0.500. The van der Waals surface area contributed by atoms with Crippen LogP contribution in [0.5, 0.6) is 0 Å². The number of piperidine rings is 1. The first-order chi connectivity index (χ1) is 12.1. The Morgan fingerprint density at radius 3 is 2.58 bits per heavy atom. The molecule has 6 heteroatoms. The van der Waals surface area contributed by atoms with E-state index >= 15 is 0 Å². The summed E-state index contributed by atoms with van der Waals surface area (Å²) in [7, 11) is 0. The standard InChI is InChI=1S/C20H25N3O2.ClH/c1-13-16-4-2-3-5-17(16)22-19(24)18(13)20(25)23-10-8-15(9-11-23)21-12-14-6-7-14;/h2-5,14-15,21H,6-12H2,1H3,(H,22,24);1H. The third-order valence-electron chi connectivity index (χ3n) is 5.57. The summed E-state index contributed by atoms with van der Waals surface area (Å²) in [5.74, 6) is 0.739. The molecule has 2 aliphatic rings. The van der Waals surface area contributed by atoms with Crippen molar-refractivity contribution in [3.05, 3.63) is 45.7 Å². The van der Waals surface area contributed by atoms with Gasteiger partial charge in [0, 0.05) is 30.0 Å². The van der Waals surface area contributed by atoms with Gasteiger partial charge in [0.1, 0.15) is 5.56 Å². The number of rotatable bonds is 4. The minimum Gasteiger partial charge on any atom is -0.338 e. The molecule has 1 aliphatic heterocycles. The van der Waals surface area contributed by atoms with E-state index in [4.69, 9.17) is 0 Å². The van der Waals surface area contributed by atoms with Crippen LogP contribution in [0.3, 0.4) is 0 Å². The molecule has 26 heavy (non-hydrogen) atoms. The number of aromatic amines is 1. The minimum absolute atomic E-state index is 0. The first-order valence-corrected chi connectivity index (χ1v) is 9.28. The summed E-state index contributed by atoms with van der Waals surface area (Å²) in [5.41, 5.74) is 1.57. The monoisotopic (exact) mass is 375 g/mol. The molecule has 2 heterocycles. The van der Waals surface area contributed by atoms with Gasteiger partial charge in [-0.05, 0) is 56.7 Å². The van der Waals surface area contributed by atoms with Gasteiger partial charge in [-0.3, -0.25) is 9.59 Å². The van der Waals surface area contributed by atoms with Crippen LogP contribution in [0.15, 0.2) is 29.1 Å². The van der Waals surface area contributed by atoms with Gasteiger partial charge in [-0.25, -0.2) is 0 Å². The van der Waals surface area contributed by atoms with Crippen LogP contribution in [0, 0.1) is 12.8 Å². The van der Waals surface area contributed by atoms with E-state index in [0.29, 0.717) is 24.7 Å². The number of amides is 1. The molecule has 2 N–H and O–H groups in total. The van der Waals surface area contributed by atoms with Crippen LogP contribution in [0.25, 0.3) is 10.9 Å². The Labute approximate surface area is 159 Å². The lowest BCUT2D eigenvalue weighted by Gasteiger charge is -2.32. The zero-order valence-electron chi connectivity index (χ0n) is 15.1. The topological polar surface area (TPSA) is 65.2 Å². The van der Waals surface area contributed by atoms with Gasteiger partial charge < -0.3 is 15.2 Å². The molecule has 0 atom stereocenters. The van der Waals surface area contributed by atoms with Gasteiger partial charge in [0.15, 0.2) is 0 Å². The highest BCUT2D eigenvalue weighted by molar-refractivity contribution is 5.99. The Balaban J connectivity index is 0.00000196. The highest BCUT2D eigenvalue weighted by atomic mass is 35.5. The fourth-order valence-electron chi connectivity index (χ4n) is 3.77. The molecule has 4 rings (SSSR count).